The fourth-order valence-electron chi connectivity index (χ4n) is 3.01. The van der Waals surface area contributed by atoms with Crippen LogP contribution in [-0.2, 0) is 0 Å². The predicted molar refractivity (Wildman–Crippen MR) is 91.5 cm³/mol. The number of aromatic amines is 1. The first kappa shape index (κ1) is 15.9. The normalized spacial score (nSPS) is 12.1. The number of hydrogen-bond donors (Lipinski definition) is 1. The van der Waals surface area contributed by atoms with Gasteiger partial charge in [-0.15, -0.1) is 0 Å². The van der Waals surface area contributed by atoms with E-state index in [2.05, 4.69) is 4.98 Å². The number of para-hydroxylation sites is 1. The van der Waals surface area contributed by atoms with Crippen LogP contribution in [0.2, 0.25) is 0 Å². The number of nitrogens with one attached hydrogen (secondary N) is 1. The van der Waals surface area contributed by atoms with Crippen molar-refractivity contribution in [2.24, 2.45) is 0 Å². The molecule has 0 fully saturated rings. The van der Waals surface area contributed by atoms with Gasteiger partial charge >= 0.3 is 0 Å². The van der Waals surface area contributed by atoms with E-state index in [9.17, 15) is 10.1 Å². The Morgan fingerprint density at radius 2 is 1.92 bits per heavy atom. The summed E-state index contributed by atoms with van der Waals surface area (Å²) in [5.41, 5.74) is 2.55. The van der Waals surface area contributed by atoms with Crippen LogP contribution >= 0.6 is 0 Å². The zero-order chi connectivity index (χ0) is 17.1. The molecule has 0 amide bonds. The standard InChI is InChI=1S/C18H18N2O4/c1-23-12-7-8-18(24-2)14(9-12)16(11-20(21)22)15-10-19-17-6-4-3-5-13(15)17/h3-10,16,19H,11H2,1-2H3/t16-/m1/s1. The first-order valence-electron chi connectivity index (χ1n) is 7.53. The Labute approximate surface area is 139 Å². The average molecular weight is 326 g/mol. The van der Waals surface area contributed by atoms with Gasteiger partial charge in [-0.2, -0.15) is 0 Å². The minimum atomic E-state index is -0.443. The van der Waals surface area contributed by atoms with Crippen LogP contribution in [0, 0.1) is 10.1 Å². The molecule has 0 aliphatic heterocycles. The van der Waals surface area contributed by atoms with Crippen molar-refractivity contribution in [2.45, 2.75) is 5.92 Å². The molecule has 2 aromatic carbocycles. The maximum Gasteiger partial charge on any atom is 0.214 e. The van der Waals surface area contributed by atoms with Gasteiger partial charge in [0, 0.05) is 27.6 Å². The Kier molecular flexibility index (Phi) is 4.37. The number of benzene rings is 2. The Hall–Kier alpha value is -3.02. The highest BCUT2D eigenvalue weighted by molar-refractivity contribution is 5.84. The van der Waals surface area contributed by atoms with Crippen molar-refractivity contribution >= 4 is 10.9 Å². The highest BCUT2D eigenvalue weighted by atomic mass is 16.6. The van der Waals surface area contributed by atoms with Gasteiger partial charge in [0.25, 0.3) is 0 Å². The Morgan fingerprint density at radius 1 is 1.12 bits per heavy atom. The maximum absolute atomic E-state index is 11.3. The lowest BCUT2D eigenvalue weighted by molar-refractivity contribution is -0.481. The van der Waals surface area contributed by atoms with E-state index in [1.807, 2.05) is 30.5 Å². The van der Waals surface area contributed by atoms with Crippen molar-refractivity contribution in [1.82, 2.24) is 4.98 Å². The molecular weight excluding hydrogens is 308 g/mol. The molecule has 0 bridgehead atoms. The van der Waals surface area contributed by atoms with Crippen molar-refractivity contribution in [3.05, 3.63) is 69.9 Å². The molecule has 1 aromatic heterocycles. The number of H-pyrrole nitrogens is 1. The summed E-state index contributed by atoms with van der Waals surface area (Å²) in [5.74, 6) is 0.799. The molecule has 6 nitrogen and oxygen atoms in total. The lowest BCUT2D eigenvalue weighted by Gasteiger charge is -2.17. The number of methoxy groups -OCH3 is 2. The molecule has 6 heteroatoms. The van der Waals surface area contributed by atoms with E-state index >= 15 is 0 Å². The van der Waals surface area contributed by atoms with Crippen molar-refractivity contribution in [2.75, 3.05) is 20.8 Å². The quantitative estimate of drug-likeness (QED) is 0.554. The first-order chi connectivity index (χ1) is 11.6. The number of rotatable bonds is 6. The maximum atomic E-state index is 11.3. The van der Waals surface area contributed by atoms with Gasteiger partial charge in [-0.05, 0) is 29.8 Å². The third kappa shape index (κ3) is 2.90. The number of nitrogens with zero attached hydrogens (tertiary/aromatic N) is 1. The highest BCUT2D eigenvalue weighted by Crippen LogP contribution is 2.37. The van der Waals surface area contributed by atoms with E-state index in [-0.39, 0.29) is 11.5 Å². The number of ether oxygens (including phenoxy) is 2. The van der Waals surface area contributed by atoms with Crippen LogP contribution in [0.25, 0.3) is 10.9 Å². The summed E-state index contributed by atoms with van der Waals surface area (Å²) in [5, 5.41) is 12.3. The zero-order valence-corrected chi connectivity index (χ0v) is 13.5. The summed E-state index contributed by atoms with van der Waals surface area (Å²) >= 11 is 0. The zero-order valence-electron chi connectivity index (χ0n) is 13.5. The first-order valence-corrected chi connectivity index (χ1v) is 7.53. The fourth-order valence-corrected chi connectivity index (χ4v) is 3.01. The van der Waals surface area contributed by atoms with E-state index in [0.717, 1.165) is 22.0 Å². The van der Waals surface area contributed by atoms with Crippen molar-refractivity contribution in [3.8, 4) is 11.5 Å². The lowest BCUT2D eigenvalue weighted by atomic mass is 9.90. The molecule has 0 aliphatic rings. The van der Waals surface area contributed by atoms with Crippen LogP contribution < -0.4 is 9.47 Å². The van der Waals surface area contributed by atoms with Gasteiger partial charge in [-0.1, -0.05) is 18.2 Å². The van der Waals surface area contributed by atoms with Crippen molar-refractivity contribution < 1.29 is 14.4 Å². The van der Waals surface area contributed by atoms with E-state index in [0.29, 0.717) is 11.5 Å². The topological polar surface area (TPSA) is 77.4 Å². The summed E-state index contributed by atoms with van der Waals surface area (Å²) < 4.78 is 10.7. The van der Waals surface area contributed by atoms with Crippen molar-refractivity contribution in [1.29, 1.82) is 0 Å². The second-order valence-corrected chi connectivity index (χ2v) is 5.47. The molecule has 0 aliphatic carbocycles. The molecular formula is C18H18N2O4. The summed E-state index contributed by atoms with van der Waals surface area (Å²) in [4.78, 5) is 14.2. The molecule has 3 aromatic rings. The molecule has 0 spiro atoms. The number of hydrogen-bond acceptors (Lipinski definition) is 4. The molecule has 0 saturated carbocycles. The Morgan fingerprint density at radius 3 is 2.62 bits per heavy atom. The number of nitro groups is 1. The molecule has 3 rings (SSSR count). The van der Waals surface area contributed by atoms with Gasteiger partial charge in [0.1, 0.15) is 11.5 Å². The van der Waals surface area contributed by atoms with Gasteiger partial charge in [0.15, 0.2) is 0 Å². The van der Waals surface area contributed by atoms with Gasteiger partial charge in [0.05, 0.1) is 20.1 Å². The van der Waals surface area contributed by atoms with Crippen LogP contribution in [0.1, 0.15) is 17.0 Å². The Balaban J connectivity index is 2.19. The lowest BCUT2D eigenvalue weighted by Crippen LogP contribution is -2.14. The Bertz CT molecular complexity index is 872. The van der Waals surface area contributed by atoms with Gasteiger partial charge < -0.3 is 14.5 Å². The van der Waals surface area contributed by atoms with Gasteiger partial charge in [-0.25, -0.2) is 0 Å². The van der Waals surface area contributed by atoms with Crippen LogP contribution in [-0.4, -0.2) is 30.7 Å². The average Bonchev–Trinajstić information content (AvgIpc) is 3.03. The molecule has 1 heterocycles. The minimum absolute atomic E-state index is 0.231. The summed E-state index contributed by atoms with van der Waals surface area (Å²) in [6.45, 7) is -0.231. The van der Waals surface area contributed by atoms with E-state index in [1.165, 1.54) is 0 Å². The molecule has 1 atom stereocenters. The van der Waals surface area contributed by atoms with Crippen LogP contribution in [0.3, 0.4) is 0 Å². The van der Waals surface area contributed by atoms with Crippen LogP contribution in [0.5, 0.6) is 11.5 Å². The monoisotopic (exact) mass is 326 g/mol. The second kappa shape index (κ2) is 6.62. The highest BCUT2D eigenvalue weighted by Gasteiger charge is 2.26. The molecule has 0 saturated heterocycles. The van der Waals surface area contributed by atoms with E-state index in [1.54, 1.807) is 32.4 Å². The minimum Gasteiger partial charge on any atom is -0.497 e. The van der Waals surface area contributed by atoms with Crippen molar-refractivity contribution in [3.63, 3.8) is 0 Å². The molecule has 24 heavy (non-hydrogen) atoms. The number of fused-ring (bicyclic) bond motifs is 1. The fraction of sp³-hybridized carbons (Fsp3) is 0.222. The third-order valence-corrected chi connectivity index (χ3v) is 4.14. The van der Waals surface area contributed by atoms with Gasteiger partial charge in [0.2, 0.25) is 6.54 Å². The molecule has 0 radical (unpaired) electrons. The number of aromatic nitrogens is 1. The molecule has 1 N–H and O–H groups in total. The third-order valence-electron chi connectivity index (χ3n) is 4.14. The van der Waals surface area contributed by atoms with E-state index in [4.69, 9.17) is 9.47 Å². The molecule has 0 unspecified atom stereocenters. The van der Waals surface area contributed by atoms with Gasteiger partial charge in [-0.3, -0.25) is 10.1 Å². The van der Waals surface area contributed by atoms with Crippen LogP contribution in [0.4, 0.5) is 0 Å². The SMILES string of the molecule is COc1ccc(OC)c([C@@H](C[N+](=O)[O-])c2c[nH]c3ccccc23)c1. The largest absolute Gasteiger partial charge is 0.497 e. The summed E-state index contributed by atoms with van der Waals surface area (Å²) in [6.07, 6.45) is 1.83. The smallest absolute Gasteiger partial charge is 0.214 e. The van der Waals surface area contributed by atoms with Crippen LogP contribution in [0.15, 0.2) is 48.7 Å². The van der Waals surface area contributed by atoms with E-state index < -0.39 is 5.92 Å². The molecule has 124 valence electrons. The summed E-state index contributed by atoms with van der Waals surface area (Å²) in [6, 6.07) is 13.1. The summed E-state index contributed by atoms with van der Waals surface area (Å²) in [7, 11) is 3.13. The predicted octanol–water partition coefficient (Wildman–Crippen LogP) is 3.59. The second-order valence-electron chi connectivity index (χ2n) is 5.47.